The first kappa shape index (κ1) is 19.0. The van der Waals surface area contributed by atoms with E-state index in [9.17, 15) is 0 Å². The smallest absolute Gasteiger partial charge is 0.199 e. The van der Waals surface area contributed by atoms with Crippen LogP contribution in [0.3, 0.4) is 0 Å². The largest absolute Gasteiger partial charge is 0.304 e. The number of rotatable bonds is 8. The van der Waals surface area contributed by atoms with E-state index in [1.807, 2.05) is 26.9 Å². The molecule has 0 saturated heterocycles. The number of hydrogen-bond donors (Lipinski definition) is 0. The van der Waals surface area contributed by atoms with Gasteiger partial charge in [-0.25, -0.2) is 4.68 Å². The van der Waals surface area contributed by atoms with E-state index in [0.29, 0.717) is 12.7 Å². The summed E-state index contributed by atoms with van der Waals surface area (Å²) in [7, 11) is 0. The molecule has 2 heterocycles. The molecule has 0 aliphatic carbocycles. The lowest BCUT2D eigenvalue weighted by Crippen LogP contribution is -2.28. The van der Waals surface area contributed by atoms with E-state index in [0.717, 1.165) is 24.3 Å². The van der Waals surface area contributed by atoms with Gasteiger partial charge in [-0.1, -0.05) is 30.3 Å². The van der Waals surface area contributed by atoms with Crippen molar-refractivity contribution in [2.75, 3.05) is 6.54 Å². The summed E-state index contributed by atoms with van der Waals surface area (Å²) in [6, 6.07) is 15.4. The third-order valence-electron chi connectivity index (χ3n) is 4.38. The predicted molar refractivity (Wildman–Crippen MR) is 111 cm³/mol. The summed E-state index contributed by atoms with van der Waals surface area (Å²) in [5.41, 5.74) is 1.36. The maximum atomic E-state index is 5.61. The first-order valence-electron chi connectivity index (χ1n) is 8.98. The highest BCUT2D eigenvalue weighted by Gasteiger charge is 2.12. The van der Waals surface area contributed by atoms with Crippen LogP contribution in [-0.4, -0.2) is 25.8 Å². The summed E-state index contributed by atoms with van der Waals surface area (Å²) in [5.74, 6) is 0. The van der Waals surface area contributed by atoms with Gasteiger partial charge >= 0.3 is 0 Å². The molecule has 0 aliphatic rings. The van der Waals surface area contributed by atoms with Crippen LogP contribution >= 0.6 is 23.6 Å². The number of aromatic nitrogens is 3. The summed E-state index contributed by atoms with van der Waals surface area (Å²) in [6.45, 7) is 9.01. The van der Waals surface area contributed by atoms with Gasteiger partial charge in [-0.2, -0.15) is 5.10 Å². The fourth-order valence-electron chi connectivity index (χ4n) is 2.91. The Morgan fingerprint density at radius 1 is 1.15 bits per heavy atom. The molecule has 0 atom stereocenters. The number of benzene rings is 1. The van der Waals surface area contributed by atoms with Gasteiger partial charge in [0.25, 0.3) is 0 Å². The molecule has 0 spiro atoms. The highest BCUT2D eigenvalue weighted by atomic mass is 32.1. The lowest BCUT2D eigenvalue weighted by atomic mass is 10.1. The summed E-state index contributed by atoms with van der Waals surface area (Å²) < 4.78 is 4.76. The van der Waals surface area contributed by atoms with Crippen LogP contribution in [0.5, 0.6) is 0 Å². The van der Waals surface area contributed by atoms with Crippen LogP contribution in [0.4, 0.5) is 0 Å². The Morgan fingerprint density at radius 2 is 1.92 bits per heavy atom. The summed E-state index contributed by atoms with van der Waals surface area (Å²) in [5, 5.41) is 4.52. The molecule has 138 valence electrons. The van der Waals surface area contributed by atoms with Crippen LogP contribution in [0, 0.1) is 11.7 Å². The van der Waals surface area contributed by atoms with Crippen molar-refractivity contribution in [3.05, 3.63) is 68.9 Å². The first-order chi connectivity index (χ1) is 12.5. The van der Waals surface area contributed by atoms with Gasteiger partial charge in [0, 0.05) is 28.9 Å². The maximum absolute atomic E-state index is 5.61. The maximum Gasteiger partial charge on any atom is 0.199 e. The van der Waals surface area contributed by atoms with Gasteiger partial charge in [-0.3, -0.25) is 4.90 Å². The molecule has 6 heteroatoms. The SMILES string of the molecule is Cc1ccc(CN(CCc2ccccc2)Cn2ncn(C(C)C)c2=S)s1. The lowest BCUT2D eigenvalue weighted by Gasteiger charge is -2.21. The summed E-state index contributed by atoms with van der Waals surface area (Å²) >= 11 is 7.47. The van der Waals surface area contributed by atoms with Crippen LogP contribution in [0.1, 0.15) is 35.2 Å². The monoisotopic (exact) mass is 386 g/mol. The van der Waals surface area contributed by atoms with E-state index in [1.54, 1.807) is 0 Å². The van der Waals surface area contributed by atoms with Crippen LogP contribution in [-0.2, 0) is 19.6 Å². The zero-order valence-corrected chi connectivity index (χ0v) is 17.3. The molecule has 0 fully saturated rings. The highest BCUT2D eigenvalue weighted by molar-refractivity contribution is 7.71. The van der Waals surface area contributed by atoms with Gasteiger partial charge < -0.3 is 4.57 Å². The zero-order valence-electron chi connectivity index (χ0n) is 15.6. The molecule has 2 aromatic heterocycles. The molecule has 26 heavy (non-hydrogen) atoms. The average Bonchev–Trinajstić information content (AvgIpc) is 3.19. The molecule has 0 radical (unpaired) electrons. The first-order valence-corrected chi connectivity index (χ1v) is 10.2. The van der Waals surface area contributed by atoms with Gasteiger partial charge in [0.2, 0.25) is 0 Å². The Balaban J connectivity index is 1.74. The van der Waals surface area contributed by atoms with E-state index in [1.165, 1.54) is 15.3 Å². The Morgan fingerprint density at radius 3 is 2.54 bits per heavy atom. The molecule has 3 rings (SSSR count). The van der Waals surface area contributed by atoms with E-state index in [4.69, 9.17) is 12.2 Å². The van der Waals surface area contributed by atoms with Crippen molar-refractivity contribution in [1.29, 1.82) is 0 Å². The summed E-state index contributed by atoms with van der Waals surface area (Å²) in [6.07, 6.45) is 2.86. The third-order valence-corrected chi connectivity index (χ3v) is 5.79. The van der Waals surface area contributed by atoms with Crippen molar-refractivity contribution in [1.82, 2.24) is 19.2 Å². The molecule has 0 N–H and O–H groups in total. The molecule has 0 aliphatic heterocycles. The fraction of sp³-hybridized carbons (Fsp3) is 0.400. The van der Waals surface area contributed by atoms with Crippen molar-refractivity contribution in [3.63, 3.8) is 0 Å². The van der Waals surface area contributed by atoms with Crippen molar-refractivity contribution in [2.45, 2.75) is 46.4 Å². The van der Waals surface area contributed by atoms with Gasteiger partial charge in [-0.05, 0) is 57.1 Å². The third kappa shape index (κ3) is 4.90. The van der Waals surface area contributed by atoms with Gasteiger partial charge in [0.15, 0.2) is 4.77 Å². The predicted octanol–water partition coefficient (Wildman–Crippen LogP) is 5.07. The topological polar surface area (TPSA) is 26.0 Å². The van der Waals surface area contributed by atoms with Crippen molar-refractivity contribution in [2.24, 2.45) is 0 Å². The molecule has 1 aromatic carbocycles. The standard InChI is InChI=1S/C20H26N4S2/c1-16(2)23-14-21-24(20(23)25)15-22(13-19-10-9-17(3)26-19)12-11-18-7-5-4-6-8-18/h4-10,14,16H,11-13,15H2,1-3H3. The van der Waals surface area contributed by atoms with Crippen LogP contribution in [0.2, 0.25) is 0 Å². The Kier molecular flexibility index (Phi) is 6.40. The van der Waals surface area contributed by atoms with Gasteiger partial charge in [0.05, 0.1) is 6.67 Å². The van der Waals surface area contributed by atoms with Crippen LogP contribution in [0.25, 0.3) is 0 Å². The fourth-order valence-corrected chi connectivity index (χ4v) is 4.21. The minimum Gasteiger partial charge on any atom is -0.304 e. The van der Waals surface area contributed by atoms with Crippen LogP contribution < -0.4 is 0 Å². The molecule has 0 saturated carbocycles. The second-order valence-corrected chi connectivity index (χ2v) is 8.59. The molecular formula is C20H26N4S2. The van der Waals surface area contributed by atoms with Crippen LogP contribution in [0.15, 0.2) is 48.8 Å². The normalized spacial score (nSPS) is 11.6. The number of nitrogens with zero attached hydrogens (tertiary/aromatic N) is 4. The number of thiophene rings is 1. The van der Waals surface area contributed by atoms with E-state index in [2.05, 4.69) is 73.2 Å². The molecule has 0 amide bonds. The molecule has 0 bridgehead atoms. The van der Waals surface area contributed by atoms with Crippen molar-refractivity contribution < 1.29 is 0 Å². The minimum atomic E-state index is 0.328. The van der Waals surface area contributed by atoms with Gasteiger partial charge in [0.1, 0.15) is 6.33 Å². The highest BCUT2D eigenvalue weighted by Crippen LogP contribution is 2.18. The summed E-state index contributed by atoms with van der Waals surface area (Å²) in [4.78, 5) is 5.15. The Hall–Kier alpha value is -1.76. The van der Waals surface area contributed by atoms with Crippen molar-refractivity contribution >= 4 is 23.6 Å². The van der Waals surface area contributed by atoms with E-state index < -0.39 is 0 Å². The minimum absolute atomic E-state index is 0.328. The zero-order chi connectivity index (χ0) is 18.5. The lowest BCUT2D eigenvalue weighted by molar-refractivity contribution is 0.200. The molecule has 0 unspecified atom stereocenters. The quantitative estimate of drug-likeness (QED) is 0.506. The molecular weight excluding hydrogens is 360 g/mol. The number of hydrogen-bond acceptors (Lipinski definition) is 4. The average molecular weight is 387 g/mol. The second kappa shape index (κ2) is 8.75. The Bertz CT molecular complexity index is 877. The van der Waals surface area contributed by atoms with E-state index >= 15 is 0 Å². The Labute approximate surface area is 164 Å². The van der Waals surface area contributed by atoms with Gasteiger partial charge in [-0.15, -0.1) is 11.3 Å². The number of aryl methyl sites for hydroxylation is 1. The molecule has 3 aromatic rings. The van der Waals surface area contributed by atoms with E-state index in [-0.39, 0.29) is 0 Å². The second-order valence-electron chi connectivity index (χ2n) is 6.86. The molecule has 4 nitrogen and oxygen atoms in total. The van der Waals surface area contributed by atoms with Crippen molar-refractivity contribution in [3.8, 4) is 0 Å².